The number of aromatic nitrogens is 3. The summed E-state index contributed by atoms with van der Waals surface area (Å²) in [5.74, 6) is 1.39. The van der Waals surface area contributed by atoms with Gasteiger partial charge in [0.15, 0.2) is 0 Å². The van der Waals surface area contributed by atoms with Crippen LogP contribution in [0.4, 0.5) is 5.82 Å². The van der Waals surface area contributed by atoms with Crippen LogP contribution >= 0.6 is 0 Å². The number of hydrogen-bond acceptors (Lipinski definition) is 4. The molecule has 0 amide bonds. The van der Waals surface area contributed by atoms with Crippen LogP contribution in [0.15, 0.2) is 18.6 Å². The Morgan fingerprint density at radius 2 is 2.42 bits per heavy atom. The summed E-state index contributed by atoms with van der Waals surface area (Å²) in [5, 5.41) is 14.9. The van der Waals surface area contributed by atoms with Crippen LogP contribution in [-0.2, 0) is 0 Å². The van der Waals surface area contributed by atoms with Gasteiger partial charge in [-0.25, -0.2) is 9.97 Å². The fourth-order valence-corrected chi connectivity index (χ4v) is 3.05. The summed E-state index contributed by atoms with van der Waals surface area (Å²) >= 11 is 0. The highest BCUT2D eigenvalue weighted by molar-refractivity contribution is 5.86. The third kappa shape index (κ3) is 2.56. The highest BCUT2D eigenvalue weighted by atomic mass is 16.3. The van der Waals surface area contributed by atoms with Crippen LogP contribution in [0.25, 0.3) is 11.0 Å². The maximum atomic E-state index is 10.6. The molecule has 2 atom stereocenters. The van der Waals surface area contributed by atoms with E-state index in [9.17, 15) is 5.11 Å². The third-order valence-electron chi connectivity index (χ3n) is 4.01. The lowest BCUT2D eigenvalue weighted by Crippen LogP contribution is -2.41. The number of nitrogens with one attached hydrogen (secondary N) is 2. The van der Waals surface area contributed by atoms with Gasteiger partial charge in [0, 0.05) is 12.7 Å². The molecule has 1 saturated carbocycles. The predicted octanol–water partition coefficient (Wildman–Crippen LogP) is 2.31. The molecule has 1 fully saturated rings. The average molecular weight is 260 g/mol. The zero-order chi connectivity index (χ0) is 13.3. The maximum absolute atomic E-state index is 10.6. The van der Waals surface area contributed by atoms with Crippen LogP contribution in [0.3, 0.4) is 0 Å². The first kappa shape index (κ1) is 12.4. The van der Waals surface area contributed by atoms with E-state index >= 15 is 0 Å². The Hall–Kier alpha value is -1.62. The molecule has 5 nitrogen and oxygen atoms in total. The molecule has 0 spiro atoms. The van der Waals surface area contributed by atoms with Gasteiger partial charge >= 0.3 is 0 Å². The fraction of sp³-hybridized carbons (Fsp3) is 0.571. The summed E-state index contributed by atoms with van der Waals surface area (Å²) in [6.45, 7) is 2.76. The van der Waals surface area contributed by atoms with Gasteiger partial charge in [-0.2, -0.15) is 0 Å². The summed E-state index contributed by atoms with van der Waals surface area (Å²) in [6.07, 6.45) is 7.43. The molecular weight excluding hydrogens is 240 g/mol. The second kappa shape index (κ2) is 4.81. The van der Waals surface area contributed by atoms with Crippen molar-refractivity contribution in [3.05, 3.63) is 18.6 Å². The van der Waals surface area contributed by atoms with Crippen LogP contribution in [0.2, 0.25) is 0 Å². The van der Waals surface area contributed by atoms with Crippen molar-refractivity contribution in [2.45, 2.75) is 38.2 Å². The maximum Gasteiger partial charge on any atom is 0.142 e. The first-order valence-corrected chi connectivity index (χ1v) is 6.91. The number of nitrogens with zero attached hydrogens (tertiary/aromatic N) is 2. The van der Waals surface area contributed by atoms with E-state index < -0.39 is 5.60 Å². The van der Waals surface area contributed by atoms with Crippen LogP contribution in [0, 0.1) is 5.92 Å². The summed E-state index contributed by atoms with van der Waals surface area (Å²) in [5.41, 5.74) is 0.215. The minimum absolute atomic E-state index is 0.550. The Kier molecular flexibility index (Phi) is 3.14. The Balaban J connectivity index is 1.73. The van der Waals surface area contributed by atoms with Gasteiger partial charge in [-0.1, -0.05) is 19.8 Å². The summed E-state index contributed by atoms with van der Waals surface area (Å²) in [6, 6.07) is 1.95. The van der Waals surface area contributed by atoms with Crippen LogP contribution in [0.1, 0.15) is 32.6 Å². The second-order valence-electron chi connectivity index (χ2n) is 5.74. The highest BCUT2D eigenvalue weighted by Crippen LogP contribution is 2.32. The minimum atomic E-state index is -0.606. The van der Waals surface area contributed by atoms with Crippen LogP contribution in [-0.4, -0.2) is 32.2 Å². The third-order valence-corrected chi connectivity index (χ3v) is 4.01. The van der Waals surface area contributed by atoms with E-state index in [1.54, 1.807) is 0 Å². The standard InChI is InChI=1S/C14H20N4O/c1-10-3-2-5-14(19,7-10)8-16-13-11-4-6-15-12(11)17-9-18-13/h4,6,9-10,19H,2-3,5,7-8H2,1H3,(H2,15,16,17,18)/t10-,14+/m1/s1. The van der Waals surface area contributed by atoms with E-state index in [-0.39, 0.29) is 0 Å². The van der Waals surface area contributed by atoms with Gasteiger partial charge in [0.2, 0.25) is 0 Å². The zero-order valence-corrected chi connectivity index (χ0v) is 11.2. The van der Waals surface area contributed by atoms with Gasteiger partial charge < -0.3 is 15.4 Å². The molecule has 1 aliphatic carbocycles. The zero-order valence-electron chi connectivity index (χ0n) is 11.2. The van der Waals surface area contributed by atoms with Crippen LogP contribution < -0.4 is 5.32 Å². The fourth-order valence-electron chi connectivity index (χ4n) is 3.05. The molecule has 0 aliphatic heterocycles. The number of aromatic amines is 1. The van der Waals surface area contributed by atoms with E-state index in [0.29, 0.717) is 12.5 Å². The molecule has 0 radical (unpaired) electrons. The van der Waals surface area contributed by atoms with Gasteiger partial charge in [0.05, 0.1) is 11.0 Å². The molecule has 3 N–H and O–H groups in total. The van der Waals surface area contributed by atoms with E-state index in [0.717, 1.165) is 36.1 Å². The van der Waals surface area contributed by atoms with Crippen molar-refractivity contribution >= 4 is 16.9 Å². The molecule has 3 rings (SSSR count). The van der Waals surface area contributed by atoms with Gasteiger partial charge in [0.25, 0.3) is 0 Å². The molecular formula is C14H20N4O. The van der Waals surface area contributed by atoms with Gasteiger partial charge in [-0.3, -0.25) is 0 Å². The Labute approximate surface area is 112 Å². The van der Waals surface area contributed by atoms with Crippen molar-refractivity contribution in [1.29, 1.82) is 0 Å². The number of fused-ring (bicyclic) bond motifs is 1. The van der Waals surface area contributed by atoms with E-state index in [1.165, 1.54) is 12.7 Å². The average Bonchev–Trinajstić information content (AvgIpc) is 2.85. The van der Waals surface area contributed by atoms with E-state index in [2.05, 4.69) is 27.2 Å². The van der Waals surface area contributed by atoms with Crippen molar-refractivity contribution < 1.29 is 5.11 Å². The molecule has 0 bridgehead atoms. The number of anilines is 1. The molecule has 2 heterocycles. The van der Waals surface area contributed by atoms with Crippen molar-refractivity contribution in [3.8, 4) is 0 Å². The number of hydrogen-bond donors (Lipinski definition) is 3. The first-order valence-electron chi connectivity index (χ1n) is 6.91. The second-order valence-corrected chi connectivity index (χ2v) is 5.74. The number of H-pyrrole nitrogens is 1. The number of rotatable bonds is 3. The minimum Gasteiger partial charge on any atom is -0.388 e. The predicted molar refractivity (Wildman–Crippen MR) is 75.0 cm³/mol. The van der Waals surface area contributed by atoms with Gasteiger partial charge in [-0.15, -0.1) is 0 Å². The molecule has 0 saturated heterocycles. The Morgan fingerprint density at radius 3 is 3.26 bits per heavy atom. The first-order chi connectivity index (χ1) is 9.16. The SMILES string of the molecule is C[C@@H]1CCC[C@@](O)(CNc2ncnc3[nH]ccc23)C1. The summed E-state index contributed by atoms with van der Waals surface area (Å²) < 4.78 is 0. The normalized spacial score (nSPS) is 27.6. The van der Waals surface area contributed by atoms with E-state index in [1.807, 2.05) is 12.3 Å². The lowest BCUT2D eigenvalue weighted by molar-refractivity contribution is -0.000802. The molecule has 19 heavy (non-hydrogen) atoms. The molecule has 102 valence electrons. The molecule has 2 aromatic rings. The molecule has 5 heteroatoms. The van der Waals surface area contributed by atoms with Gasteiger partial charge in [0.1, 0.15) is 17.8 Å². The van der Waals surface area contributed by atoms with Crippen molar-refractivity contribution in [2.24, 2.45) is 5.92 Å². The topological polar surface area (TPSA) is 73.8 Å². The molecule has 1 aliphatic rings. The molecule has 0 unspecified atom stereocenters. The summed E-state index contributed by atoms with van der Waals surface area (Å²) in [7, 11) is 0. The van der Waals surface area contributed by atoms with Crippen molar-refractivity contribution in [2.75, 3.05) is 11.9 Å². The van der Waals surface area contributed by atoms with Gasteiger partial charge in [-0.05, 0) is 24.8 Å². The molecule has 2 aromatic heterocycles. The largest absolute Gasteiger partial charge is 0.388 e. The lowest BCUT2D eigenvalue weighted by atomic mass is 9.79. The van der Waals surface area contributed by atoms with Crippen LogP contribution in [0.5, 0.6) is 0 Å². The number of aliphatic hydroxyl groups is 1. The summed E-state index contributed by atoms with van der Waals surface area (Å²) in [4.78, 5) is 11.5. The monoisotopic (exact) mass is 260 g/mol. The highest BCUT2D eigenvalue weighted by Gasteiger charge is 2.32. The lowest BCUT2D eigenvalue weighted by Gasteiger charge is -2.35. The Bertz CT molecular complexity index is 567. The van der Waals surface area contributed by atoms with Crippen molar-refractivity contribution in [1.82, 2.24) is 15.0 Å². The smallest absolute Gasteiger partial charge is 0.142 e. The Morgan fingerprint density at radius 1 is 1.53 bits per heavy atom. The quantitative estimate of drug-likeness (QED) is 0.791. The van der Waals surface area contributed by atoms with E-state index in [4.69, 9.17) is 0 Å². The molecule has 0 aromatic carbocycles. The van der Waals surface area contributed by atoms with Crippen molar-refractivity contribution in [3.63, 3.8) is 0 Å².